The Balaban J connectivity index is 2.65. The average Bonchev–Trinajstić information content (AvgIpc) is 2.01. The van der Waals surface area contributed by atoms with Gasteiger partial charge in [-0.25, -0.2) is 8.51 Å². The van der Waals surface area contributed by atoms with Crippen LogP contribution < -0.4 is 0 Å². The predicted molar refractivity (Wildman–Crippen MR) is 51.7 cm³/mol. The van der Waals surface area contributed by atoms with Crippen molar-refractivity contribution in [2.45, 2.75) is 25.6 Å². The molecule has 1 aliphatic rings. The maximum absolute atomic E-state index is 11.2. The zero-order chi connectivity index (χ0) is 10.1. The third-order valence-corrected chi connectivity index (χ3v) is 3.02. The van der Waals surface area contributed by atoms with Crippen molar-refractivity contribution in [1.29, 1.82) is 0 Å². The Morgan fingerprint density at radius 3 is 2.77 bits per heavy atom. The summed E-state index contributed by atoms with van der Waals surface area (Å²) in [5.41, 5.74) is -0.322. The molecule has 0 amide bonds. The number of morpholine rings is 1. The molecule has 1 heterocycles. The Hall–Kier alpha value is 0.0300. The van der Waals surface area contributed by atoms with Crippen LogP contribution in [0.15, 0.2) is 0 Å². The Labute approximate surface area is 81.5 Å². The van der Waals surface area contributed by atoms with E-state index in [0.29, 0.717) is 13.1 Å². The van der Waals surface area contributed by atoms with Gasteiger partial charge < -0.3 is 9.84 Å². The molecule has 1 fully saturated rings. The minimum absolute atomic E-state index is 0.0167. The number of aliphatic hydroxyl groups excluding tert-OH is 1. The molecule has 0 spiro atoms. The second-order valence-corrected chi connectivity index (χ2v) is 5.29. The molecular formula is C8H17NO3S. The molecule has 0 aliphatic carbocycles. The van der Waals surface area contributed by atoms with Gasteiger partial charge in [0.2, 0.25) is 0 Å². The first-order chi connectivity index (χ1) is 5.94. The zero-order valence-electron chi connectivity index (χ0n) is 8.32. The molecule has 0 bridgehead atoms. The van der Waals surface area contributed by atoms with E-state index in [0.717, 1.165) is 0 Å². The molecule has 1 rings (SSSR count). The van der Waals surface area contributed by atoms with Crippen molar-refractivity contribution in [3.05, 3.63) is 0 Å². The summed E-state index contributed by atoms with van der Waals surface area (Å²) in [6, 6.07) is 0. The van der Waals surface area contributed by atoms with Gasteiger partial charge in [-0.05, 0) is 13.8 Å². The van der Waals surface area contributed by atoms with Crippen LogP contribution in [0.5, 0.6) is 0 Å². The summed E-state index contributed by atoms with van der Waals surface area (Å²) in [4.78, 5) is 0. The van der Waals surface area contributed by atoms with Gasteiger partial charge in [0.05, 0.1) is 29.3 Å². The van der Waals surface area contributed by atoms with Crippen LogP contribution in [0.1, 0.15) is 13.8 Å². The second kappa shape index (κ2) is 4.04. The van der Waals surface area contributed by atoms with E-state index in [2.05, 4.69) is 0 Å². The molecule has 2 unspecified atom stereocenters. The summed E-state index contributed by atoms with van der Waals surface area (Å²) in [5.74, 6) is 0. The molecular weight excluding hydrogens is 190 g/mol. The Morgan fingerprint density at radius 2 is 2.31 bits per heavy atom. The van der Waals surface area contributed by atoms with Crippen LogP contribution in [-0.4, -0.2) is 51.3 Å². The van der Waals surface area contributed by atoms with Gasteiger partial charge >= 0.3 is 0 Å². The van der Waals surface area contributed by atoms with Crippen molar-refractivity contribution < 1.29 is 14.1 Å². The van der Waals surface area contributed by atoms with E-state index >= 15 is 0 Å². The highest BCUT2D eigenvalue weighted by Crippen LogP contribution is 2.21. The Morgan fingerprint density at radius 1 is 1.69 bits per heavy atom. The van der Waals surface area contributed by atoms with E-state index in [9.17, 15) is 4.21 Å². The van der Waals surface area contributed by atoms with Crippen molar-refractivity contribution in [2.75, 3.05) is 26.0 Å². The molecule has 0 saturated carbocycles. The first kappa shape index (κ1) is 11.1. The first-order valence-corrected chi connectivity index (χ1v) is 5.83. The highest BCUT2D eigenvalue weighted by Gasteiger charge is 2.34. The molecule has 0 aromatic heterocycles. The molecule has 78 valence electrons. The third kappa shape index (κ3) is 3.02. The SMILES string of the molecule is CS(=O)N1CC(CO)OC(C)(C)C1. The fourth-order valence-corrected chi connectivity index (χ4v) is 2.40. The van der Waals surface area contributed by atoms with Crippen molar-refractivity contribution in [3.63, 3.8) is 0 Å². The van der Waals surface area contributed by atoms with Crippen LogP contribution in [0.25, 0.3) is 0 Å². The molecule has 1 saturated heterocycles. The van der Waals surface area contributed by atoms with Crippen LogP contribution in [0, 0.1) is 0 Å². The molecule has 5 heteroatoms. The lowest BCUT2D eigenvalue weighted by Gasteiger charge is -2.40. The zero-order valence-corrected chi connectivity index (χ0v) is 9.13. The molecule has 0 radical (unpaired) electrons. The number of ether oxygens (including phenoxy) is 1. The number of aliphatic hydroxyl groups is 1. The summed E-state index contributed by atoms with van der Waals surface area (Å²) >= 11 is 0. The van der Waals surface area contributed by atoms with Crippen molar-refractivity contribution in [2.24, 2.45) is 0 Å². The first-order valence-electron chi connectivity index (χ1n) is 4.32. The summed E-state index contributed by atoms with van der Waals surface area (Å²) in [6.45, 7) is 5.05. The number of hydrogen-bond acceptors (Lipinski definition) is 3. The molecule has 0 aromatic carbocycles. The third-order valence-electron chi connectivity index (χ3n) is 2.02. The van der Waals surface area contributed by atoms with Gasteiger partial charge in [-0.15, -0.1) is 0 Å². The lowest BCUT2D eigenvalue weighted by molar-refractivity contribution is -0.130. The van der Waals surface area contributed by atoms with E-state index in [4.69, 9.17) is 9.84 Å². The van der Waals surface area contributed by atoms with Crippen LogP contribution in [-0.2, 0) is 15.7 Å². The van der Waals surface area contributed by atoms with Gasteiger partial charge in [-0.2, -0.15) is 0 Å². The maximum atomic E-state index is 11.2. The second-order valence-electron chi connectivity index (χ2n) is 3.93. The minimum Gasteiger partial charge on any atom is -0.394 e. The van der Waals surface area contributed by atoms with Crippen LogP contribution in [0.4, 0.5) is 0 Å². The van der Waals surface area contributed by atoms with Crippen LogP contribution >= 0.6 is 0 Å². The monoisotopic (exact) mass is 207 g/mol. The summed E-state index contributed by atoms with van der Waals surface area (Å²) in [6.07, 6.45) is 1.43. The molecule has 1 aliphatic heterocycles. The molecule has 1 N–H and O–H groups in total. The highest BCUT2D eigenvalue weighted by atomic mass is 32.2. The summed E-state index contributed by atoms with van der Waals surface area (Å²) in [7, 11) is -0.979. The fourth-order valence-electron chi connectivity index (χ4n) is 1.53. The number of nitrogens with zero attached hydrogens (tertiary/aromatic N) is 1. The lowest BCUT2D eigenvalue weighted by Crippen LogP contribution is -2.53. The average molecular weight is 207 g/mol. The van der Waals surface area contributed by atoms with Gasteiger partial charge in [-0.3, -0.25) is 0 Å². The van der Waals surface area contributed by atoms with Gasteiger partial charge in [0.1, 0.15) is 0 Å². The fraction of sp³-hybridized carbons (Fsp3) is 1.00. The largest absolute Gasteiger partial charge is 0.394 e. The predicted octanol–water partition coefficient (Wildman–Crippen LogP) is -0.248. The topological polar surface area (TPSA) is 49.8 Å². The van der Waals surface area contributed by atoms with E-state index in [1.165, 1.54) is 0 Å². The van der Waals surface area contributed by atoms with Crippen LogP contribution in [0.3, 0.4) is 0 Å². The van der Waals surface area contributed by atoms with Gasteiger partial charge in [-0.1, -0.05) is 0 Å². The summed E-state index contributed by atoms with van der Waals surface area (Å²) in [5, 5.41) is 8.97. The molecule has 2 atom stereocenters. The highest BCUT2D eigenvalue weighted by molar-refractivity contribution is 7.81. The van der Waals surface area contributed by atoms with Crippen molar-refractivity contribution in [3.8, 4) is 0 Å². The van der Waals surface area contributed by atoms with Crippen molar-refractivity contribution >= 4 is 11.0 Å². The quantitative estimate of drug-likeness (QED) is 0.679. The molecule has 4 nitrogen and oxygen atoms in total. The van der Waals surface area contributed by atoms with Gasteiger partial charge in [0.25, 0.3) is 0 Å². The maximum Gasteiger partial charge on any atom is 0.0950 e. The molecule has 13 heavy (non-hydrogen) atoms. The molecule has 0 aromatic rings. The number of hydrogen-bond donors (Lipinski definition) is 1. The van der Waals surface area contributed by atoms with Gasteiger partial charge in [0, 0.05) is 19.3 Å². The summed E-state index contributed by atoms with van der Waals surface area (Å²) < 4.78 is 18.6. The van der Waals surface area contributed by atoms with Gasteiger partial charge in [0.15, 0.2) is 0 Å². The standard InChI is InChI=1S/C8H17NO3S/c1-8(2)6-9(13(3)11)4-7(5-10)12-8/h7,10H,4-6H2,1-3H3. The van der Waals surface area contributed by atoms with E-state index < -0.39 is 11.0 Å². The van der Waals surface area contributed by atoms with E-state index in [-0.39, 0.29) is 18.3 Å². The van der Waals surface area contributed by atoms with E-state index in [1.807, 2.05) is 18.2 Å². The Kier molecular flexibility index (Phi) is 3.45. The van der Waals surface area contributed by atoms with E-state index in [1.54, 1.807) is 6.26 Å². The lowest BCUT2D eigenvalue weighted by atomic mass is 10.1. The normalized spacial score (nSPS) is 31.5. The van der Waals surface area contributed by atoms with Crippen molar-refractivity contribution in [1.82, 2.24) is 4.31 Å². The number of rotatable bonds is 2. The Bertz CT molecular complexity index is 208. The van der Waals surface area contributed by atoms with Crippen LogP contribution in [0.2, 0.25) is 0 Å². The smallest absolute Gasteiger partial charge is 0.0950 e. The minimum atomic E-state index is -0.979.